The Bertz CT molecular complexity index is 598. The van der Waals surface area contributed by atoms with Crippen LogP contribution < -0.4 is 0 Å². The van der Waals surface area contributed by atoms with Crippen molar-refractivity contribution in [2.75, 3.05) is 0 Å². The number of aryl methyl sites for hydroxylation is 1. The van der Waals surface area contributed by atoms with Gasteiger partial charge in [0.1, 0.15) is 0 Å². The first kappa shape index (κ1) is 14.4. The average molecular weight is 330 g/mol. The summed E-state index contributed by atoms with van der Waals surface area (Å²) in [4.78, 5) is 20.4. The molecule has 1 heterocycles. The highest BCUT2D eigenvalue weighted by Crippen LogP contribution is 2.61. The summed E-state index contributed by atoms with van der Waals surface area (Å²) in [6, 6.07) is 0.498. The molecule has 5 fully saturated rings. The Labute approximate surface area is 142 Å². The molecular weight excluding hydrogens is 304 g/mol. The van der Waals surface area contributed by atoms with E-state index in [4.69, 9.17) is 0 Å². The zero-order chi connectivity index (χ0) is 15.6. The van der Waals surface area contributed by atoms with Crippen molar-refractivity contribution in [1.82, 2.24) is 9.88 Å². The molecule has 0 aromatic carbocycles. The van der Waals surface area contributed by atoms with E-state index in [0.717, 1.165) is 35.0 Å². The van der Waals surface area contributed by atoms with Crippen LogP contribution in [0.4, 0.5) is 0 Å². The minimum absolute atomic E-state index is 0.00239. The van der Waals surface area contributed by atoms with Crippen LogP contribution in [0.25, 0.3) is 0 Å². The fraction of sp³-hybridized carbons (Fsp3) is 0.789. The topological polar surface area (TPSA) is 33.2 Å². The van der Waals surface area contributed by atoms with E-state index in [9.17, 15) is 4.79 Å². The molecule has 3 nitrogen and oxygen atoms in total. The van der Waals surface area contributed by atoms with Crippen molar-refractivity contribution in [2.24, 2.45) is 23.2 Å². The van der Waals surface area contributed by atoms with Crippen LogP contribution in [0.1, 0.15) is 62.1 Å². The highest BCUT2D eigenvalue weighted by atomic mass is 32.1. The Kier molecular flexibility index (Phi) is 3.17. The minimum atomic E-state index is 0.00239. The van der Waals surface area contributed by atoms with Gasteiger partial charge in [0.15, 0.2) is 0 Å². The lowest BCUT2D eigenvalue weighted by Gasteiger charge is -2.56. The van der Waals surface area contributed by atoms with Crippen molar-refractivity contribution < 1.29 is 4.79 Å². The van der Waals surface area contributed by atoms with Crippen LogP contribution in [0.5, 0.6) is 0 Å². The van der Waals surface area contributed by atoms with Crippen LogP contribution in [0, 0.1) is 30.1 Å². The number of thiazole rings is 1. The second-order valence-electron chi connectivity index (χ2n) is 8.72. The quantitative estimate of drug-likeness (QED) is 0.830. The van der Waals surface area contributed by atoms with Crippen molar-refractivity contribution in [2.45, 2.75) is 70.9 Å². The maximum Gasteiger partial charge on any atom is 0.229 e. The highest BCUT2D eigenvalue weighted by Gasteiger charge is 2.56. The standard InChI is InChI=1S/C19H26N2OS/c1-12-20-16(11-23-12)10-21(17-2-3-17)18(22)19-7-13-4-14(8-19)6-15(5-13)9-19/h11,13-15,17H,2-10H2,1H3. The van der Waals surface area contributed by atoms with Gasteiger partial charge in [0.05, 0.1) is 22.7 Å². The van der Waals surface area contributed by atoms with Gasteiger partial charge in [-0.25, -0.2) is 4.98 Å². The van der Waals surface area contributed by atoms with Gasteiger partial charge in [-0.3, -0.25) is 4.79 Å². The highest BCUT2D eigenvalue weighted by molar-refractivity contribution is 7.09. The zero-order valence-electron chi connectivity index (χ0n) is 14.0. The number of carbonyl (C=O) groups excluding carboxylic acids is 1. The smallest absolute Gasteiger partial charge is 0.229 e. The van der Waals surface area contributed by atoms with Crippen molar-refractivity contribution in [1.29, 1.82) is 0 Å². The second-order valence-corrected chi connectivity index (χ2v) is 9.78. The van der Waals surface area contributed by atoms with E-state index in [1.807, 2.05) is 0 Å². The number of aromatic nitrogens is 1. The van der Waals surface area contributed by atoms with E-state index < -0.39 is 0 Å². The summed E-state index contributed by atoms with van der Waals surface area (Å²) in [6.45, 7) is 2.80. The lowest BCUT2D eigenvalue weighted by molar-refractivity contribution is -0.159. The number of rotatable bonds is 4. The van der Waals surface area contributed by atoms with Gasteiger partial charge in [-0.15, -0.1) is 11.3 Å². The first-order valence-electron chi connectivity index (χ1n) is 9.33. The molecule has 5 aliphatic carbocycles. The van der Waals surface area contributed by atoms with Gasteiger partial charge in [-0.05, 0) is 76.0 Å². The molecule has 1 aromatic rings. The summed E-state index contributed by atoms with van der Waals surface area (Å²) in [6.07, 6.45) is 10.1. The first-order chi connectivity index (χ1) is 11.1. The molecule has 0 saturated heterocycles. The van der Waals surface area contributed by atoms with Gasteiger partial charge >= 0.3 is 0 Å². The van der Waals surface area contributed by atoms with Gasteiger partial charge in [0, 0.05) is 11.4 Å². The third-order valence-corrected chi connectivity index (χ3v) is 7.56. The maximum absolute atomic E-state index is 13.6. The van der Waals surface area contributed by atoms with E-state index in [2.05, 4.69) is 22.2 Å². The van der Waals surface area contributed by atoms with Gasteiger partial charge in [-0.2, -0.15) is 0 Å². The van der Waals surface area contributed by atoms with Crippen LogP contribution >= 0.6 is 11.3 Å². The normalized spacial score (nSPS) is 38.0. The minimum Gasteiger partial charge on any atom is -0.333 e. The summed E-state index contributed by atoms with van der Waals surface area (Å²) in [5.41, 5.74) is 1.10. The molecule has 0 radical (unpaired) electrons. The van der Waals surface area contributed by atoms with Crippen LogP contribution in [0.2, 0.25) is 0 Å². The zero-order valence-corrected chi connectivity index (χ0v) is 14.8. The molecule has 6 rings (SSSR count). The number of hydrogen-bond acceptors (Lipinski definition) is 3. The predicted molar refractivity (Wildman–Crippen MR) is 91.0 cm³/mol. The lowest BCUT2D eigenvalue weighted by Crippen LogP contribution is -2.54. The Morgan fingerprint density at radius 3 is 2.30 bits per heavy atom. The third-order valence-electron chi connectivity index (χ3n) is 6.74. The Balaban J connectivity index is 1.41. The number of hydrogen-bond donors (Lipinski definition) is 0. The van der Waals surface area contributed by atoms with Gasteiger partial charge in [0.2, 0.25) is 5.91 Å². The molecule has 0 aliphatic heterocycles. The monoisotopic (exact) mass is 330 g/mol. The van der Waals surface area contributed by atoms with E-state index in [0.29, 0.717) is 11.9 Å². The molecule has 4 bridgehead atoms. The van der Waals surface area contributed by atoms with Gasteiger partial charge in [-0.1, -0.05) is 0 Å². The first-order valence-corrected chi connectivity index (χ1v) is 10.2. The van der Waals surface area contributed by atoms with Crippen molar-refractivity contribution in [3.05, 3.63) is 16.1 Å². The van der Waals surface area contributed by atoms with Crippen LogP contribution in [-0.4, -0.2) is 21.8 Å². The van der Waals surface area contributed by atoms with Crippen LogP contribution in [0.15, 0.2) is 5.38 Å². The fourth-order valence-corrected chi connectivity index (χ4v) is 6.69. The second kappa shape index (κ2) is 5.05. The molecule has 1 amide bonds. The molecule has 5 aliphatic rings. The molecule has 0 spiro atoms. The summed E-state index contributed by atoms with van der Waals surface area (Å²) in [7, 11) is 0. The Morgan fingerprint density at radius 2 is 1.83 bits per heavy atom. The van der Waals surface area contributed by atoms with Crippen molar-refractivity contribution in [3.8, 4) is 0 Å². The van der Waals surface area contributed by atoms with Gasteiger partial charge < -0.3 is 4.90 Å². The molecular formula is C19H26N2OS. The molecule has 5 saturated carbocycles. The predicted octanol–water partition coefficient (Wildman–Crippen LogP) is 4.16. The largest absolute Gasteiger partial charge is 0.333 e. The molecule has 0 atom stereocenters. The molecule has 0 N–H and O–H groups in total. The van der Waals surface area contributed by atoms with E-state index in [1.165, 1.54) is 51.4 Å². The molecule has 0 unspecified atom stereocenters. The summed E-state index contributed by atoms with van der Waals surface area (Å²) < 4.78 is 0. The molecule has 23 heavy (non-hydrogen) atoms. The molecule has 1 aromatic heterocycles. The Morgan fingerprint density at radius 1 is 1.22 bits per heavy atom. The lowest BCUT2D eigenvalue weighted by atomic mass is 9.49. The van der Waals surface area contributed by atoms with E-state index >= 15 is 0 Å². The number of amides is 1. The van der Waals surface area contributed by atoms with E-state index in [1.54, 1.807) is 11.3 Å². The summed E-state index contributed by atoms with van der Waals surface area (Å²) >= 11 is 1.70. The summed E-state index contributed by atoms with van der Waals surface area (Å²) in [5, 5.41) is 3.25. The number of nitrogens with zero attached hydrogens (tertiary/aromatic N) is 2. The Hall–Kier alpha value is -0.900. The van der Waals surface area contributed by atoms with E-state index in [-0.39, 0.29) is 5.41 Å². The SMILES string of the molecule is Cc1nc(CN(C(=O)C23CC4CC(CC(C4)C2)C3)C2CC2)cs1. The maximum atomic E-state index is 13.6. The average Bonchev–Trinajstić information content (AvgIpc) is 3.25. The molecule has 4 heteroatoms. The fourth-order valence-electron chi connectivity index (χ4n) is 6.09. The third kappa shape index (κ3) is 2.45. The summed E-state index contributed by atoms with van der Waals surface area (Å²) in [5.74, 6) is 3.01. The van der Waals surface area contributed by atoms with Crippen LogP contribution in [-0.2, 0) is 11.3 Å². The van der Waals surface area contributed by atoms with Crippen molar-refractivity contribution in [3.63, 3.8) is 0 Å². The number of carbonyl (C=O) groups is 1. The van der Waals surface area contributed by atoms with Gasteiger partial charge in [0.25, 0.3) is 0 Å². The molecule has 124 valence electrons. The van der Waals surface area contributed by atoms with Crippen LogP contribution in [0.3, 0.4) is 0 Å². The van der Waals surface area contributed by atoms with Crippen molar-refractivity contribution >= 4 is 17.2 Å².